The zero-order chi connectivity index (χ0) is 15.9. The quantitative estimate of drug-likeness (QED) is 0.861. The first-order valence-electron chi connectivity index (χ1n) is 7.34. The van der Waals surface area contributed by atoms with Crippen LogP contribution in [0.25, 0.3) is 0 Å². The van der Waals surface area contributed by atoms with Crippen molar-refractivity contribution in [3.05, 3.63) is 65.7 Å². The van der Waals surface area contributed by atoms with Crippen LogP contribution in [0.5, 0.6) is 5.75 Å². The van der Waals surface area contributed by atoms with E-state index in [1.165, 1.54) is 0 Å². The molecule has 2 aromatic carbocycles. The summed E-state index contributed by atoms with van der Waals surface area (Å²) in [5.41, 5.74) is 8.04. The smallest absolute Gasteiger partial charge is 0.237 e. The van der Waals surface area contributed by atoms with Crippen LogP contribution in [-0.2, 0) is 11.2 Å². The molecule has 0 bridgehead atoms. The van der Waals surface area contributed by atoms with Crippen molar-refractivity contribution in [1.29, 1.82) is 0 Å². The molecule has 0 aliphatic carbocycles. The molecule has 4 heteroatoms. The van der Waals surface area contributed by atoms with Gasteiger partial charge in [0.25, 0.3) is 0 Å². The van der Waals surface area contributed by atoms with Gasteiger partial charge in [-0.05, 0) is 36.6 Å². The van der Waals surface area contributed by atoms with E-state index in [4.69, 9.17) is 10.5 Å². The average molecular weight is 298 g/mol. The molecule has 116 valence electrons. The molecule has 0 saturated heterocycles. The first-order chi connectivity index (χ1) is 10.6. The fraction of sp³-hybridized carbons (Fsp3) is 0.278. The third-order valence-electron chi connectivity index (χ3n) is 3.59. The number of hydrogen-bond donors (Lipinski definition) is 2. The van der Waals surface area contributed by atoms with Crippen molar-refractivity contribution in [3.8, 4) is 5.75 Å². The first kappa shape index (κ1) is 16.0. The van der Waals surface area contributed by atoms with Crippen LogP contribution in [0, 0.1) is 0 Å². The number of rotatable bonds is 6. The SMILES string of the molecule is COc1cccc(C(C)NC(=O)[C@@H](N)Cc2ccccc2)c1. The lowest BCUT2D eigenvalue weighted by atomic mass is 10.0. The van der Waals surface area contributed by atoms with Crippen LogP contribution in [0.3, 0.4) is 0 Å². The number of nitrogens with one attached hydrogen (secondary N) is 1. The topological polar surface area (TPSA) is 64.3 Å². The highest BCUT2D eigenvalue weighted by atomic mass is 16.5. The molecule has 1 amide bonds. The molecule has 4 nitrogen and oxygen atoms in total. The van der Waals surface area contributed by atoms with E-state index in [1.54, 1.807) is 7.11 Å². The summed E-state index contributed by atoms with van der Waals surface area (Å²) in [6, 6.07) is 16.7. The van der Waals surface area contributed by atoms with Crippen LogP contribution in [0.2, 0.25) is 0 Å². The maximum atomic E-state index is 12.2. The van der Waals surface area contributed by atoms with Crippen LogP contribution in [0.1, 0.15) is 24.1 Å². The number of hydrogen-bond acceptors (Lipinski definition) is 3. The molecular weight excluding hydrogens is 276 g/mol. The van der Waals surface area contributed by atoms with E-state index >= 15 is 0 Å². The minimum atomic E-state index is -0.560. The fourth-order valence-electron chi connectivity index (χ4n) is 2.28. The summed E-state index contributed by atoms with van der Waals surface area (Å²) in [6.45, 7) is 1.93. The minimum Gasteiger partial charge on any atom is -0.497 e. The van der Waals surface area contributed by atoms with E-state index in [1.807, 2.05) is 61.5 Å². The van der Waals surface area contributed by atoms with Crippen molar-refractivity contribution in [3.63, 3.8) is 0 Å². The van der Waals surface area contributed by atoms with Crippen LogP contribution in [0.15, 0.2) is 54.6 Å². The van der Waals surface area contributed by atoms with Crippen molar-refractivity contribution in [2.75, 3.05) is 7.11 Å². The van der Waals surface area contributed by atoms with Gasteiger partial charge in [-0.15, -0.1) is 0 Å². The van der Waals surface area contributed by atoms with Crippen LogP contribution >= 0.6 is 0 Å². The summed E-state index contributed by atoms with van der Waals surface area (Å²) < 4.78 is 5.20. The average Bonchev–Trinajstić information content (AvgIpc) is 2.55. The Morgan fingerprint density at radius 3 is 2.59 bits per heavy atom. The van der Waals surface area contributed by atoms with Gasteiger partial charge in [-0.1, -0.05) is 42.5 Å². The highest BCUT2D eigenvalue weighted by Crippen LogP contribution is 2.18. The van der Waals surface area contributed by atoms with E-state index in [9.17, 15) is 4.79 Å². The summed E-state index contributed by atoms with van der Waals surface area (Å²) in [7, 11) is 1.62. The second kappa shape index (κ2) is 7.61. The molecule has 0 saturated carbocycles. The monoisotopic (exact) mass is 298 g/mol. The normalized spacial score (nSPS) is 13.2. The Morgan fingerprint density at radius 1 is 1.18 bits per heavy atom. The number of methoxy groups -OCH3 is 1. The highest BCUT2D eigenvalue weighted by molar-refractivity contribution is 5.82. The molecule has 0 aromatic heterocycles. The van der Waals surface area contributed by atoms with Crippen molar-refractivity contribution in [1.82, 2.24) is 5.32 Å². The number of nitrogens with two attached hydrogens (primary N) is 1. The predicted octanol–water partition coefficient (Wildman–Crippen LogP) is 2.44. The number of amides is 1. The van der Waals surface area contributed by atoms with Crippen molar-refractivity contribution >= 4 is 5.91 Å². The zero-order valence-electron chi connectivity index (χ0n) is 13.0. The third-order valence-corrected chi connectivity index (χ3v) is 3.59. The Kier molecular flexibility index (Phi) is 5.55. The van der Waals surface area contributed by atoms with Gasteiger partial charge in [-0.25, -0.2) is 0 Å². The molecular formula is C18H22N2O2. The summed E-state index contributed by atoms with van der Waals surface area (Å²) in [4.78, 5) is 12.2. The Hall–Kier alpha value is -2.33. The Labute approximate surface area is 131 Å². The largest absolute Gasteiger partial charge is 0.497 e. The lowest BCUT2D eigenvalue weighted by molar-refractivity contribution is -0.123. The van der Waals surface area contributed by atoms with Gasteiger partial charge >= 0.3 is 0 Å². The molecule has 0 aliphatic rings. The van der Waals surface area contributed by atoms with Crippen LogP contribution < -0.4 is 15.8 Å². The van der Waals surface area contributed by atoms with Gasteiger partial charge in [-0.2, -0.15) is 0 Å². The maximum Gasteiger partial charge on any atom is 0.237 e. The van der Waals surface area contributed by atoms with Crippen molar-refractivity contribution in [2.45, 2.75) is 25.4 Å². The van der Waals surface area contributed by atoms with Crippen LogP contribution in [-0.4, -0.2) is 19.1 Å². The molecule has 2 aromatic rings. The molecule has 0 aliphatic heterocycles. The fourth-order valence-corrected chi connectivity index (χ4v) is 2.28. The van der Waals surface area contributed by atoms with Gasteiger partial charge < -0.3 is 15.8 Å². The summed E-state index contributed by atoms with van der Waals surface area (Å²) in [5, 5.41) is 2.95. The standard InChI is InChI=1S/C18H22N2O2/c1-13(15-9-6-10-16(12-15)22-2)20-18(21)17(19)11-14-7-4-3-5-8-14/h3-10,12-13,17H,11,19H2,1-2H3,(H,20,21)/t13?,17-/m0/s1. The summed E-state index contributed by atoms with van der Waals surface area (Å²) in [5.74, 6) is 0.617. The molecule has 0 spiro atoms. The lowest BCUT2D eigenvalue weighted by Gasteiger charge is -2.18. The van der Waals surface area contributed by atoms with E-state index < -0.39 is 6.04 Å². The van der Waals surface area contributed by atoms with Gasteiger partial charge in [-0.3, -0.25) is 4.79 Å². The summed E-state index contributed by atoms with van der Waals surface area (Å²) >= 11 is 0. The van der Waals surface area contributed by atoms with Gasteiger partial charge in [0.15, 0.2) is 0 Å². The molecule has 0 heterocycles. The Balaban J connectivity index is 1.95. The molecule has 3 N–H and O–H groups in total. The maximum absolute atomic E-state index is 12.2. The molecule has 1 unspecified atom stereocenters. The zero-order valence-corrected chi connectivity index (χ0v) is 13.0. The molecule has 2 atom stereocenters. The highest BCUT2D eigenvalue weighted by Gasteiger charge is 2.17. The van der Waals surface area contributed by atoms with Crippen LogP contribution in [0.4, 0.5) is 0 Å². The molecule has 0 radical (unpaired) electrons. The summed E-state index contributed by atoms with van der Waals surface area (Å²) in [6.07, 6.45) is 0.525. The van der Waals surface area contributed by atoms with Crippen molar-refractivity contribution < 1.29 is 9.53 Å². The third kappa shape index (κ3) is 4.33. The van der Waals surface area contributed by atoms with Crippen molar-refractivity contribution in [2.24, 2.45) is 5.73 Å². The number of carbonyl (C=O) groups is 1. The molecule has 2 rings (SSSR count). The minimum absolute atomic E-state index is 0.121. The number of ether oxygens (including phenoxy) is 1. The predicted molar refractivity (Wildman–Crippen MR) is 87.7 cm³/mol. The van der Waals surface area contributed by atoms with Gasteiger partial charge in [0, 0.05) is 0 Å². The van der Waals surface area contributed by atoms with E-state index in [2.05, 4.69) is 5.32 Å². The van der Waals surface area contributed by atoms with E-state index in [0.717, 1.165) is 16.9 Å². The van der Waals surface area contributed by atoms with Gasteiger partial charge in [0.05, 0.1) is 19.2 Å². The lowest BCUT2D eigenvalue weighted by Crippen LogP contribution is -2.42. The second-order valence-corrected chi connectivity index (χ2v) is 5.30. The van der Waals surface area contributed by atoms with Gasteiger partial charge in [0.1, 0.15) is 5.75 Å². The number of carbonyl (C=O) groups excluding carboxylic acids is 1. The van der Waals surface area contributed by atoms with Gasteiger partial charge in [0.2, 0.25) is 5.91 Å². The molecule has 22 heavy (non-hydrogen) atoms. The Morgan fingerprint density at radius 2 is 1.91 bits per heavy atom. The van der Waals surface area contributed by atoms with E-state index in [0.29, 0.717) is 6.42 Å². The molecule has 0 fully saturated rings. The Bertz CT molecular complexity index is 613. The first-order valence-corrected chi connectivity index (χ1v) is 7.34. The van der Waals surface area contributed by atoms with E-state index in [-0.39, 0.29) is 11.9 Å². The number of benzene rings is 2. The second-order valence-electron chi connectivity index (χ2n) is 5.30.